The zero-order chi connectivity index (χ0) is 10.8. The molecule has 0 fully saturated rings. The summed E-state index contributed by atoms with van der Waals surface area (Å²) in [5.74, 6) is 0.973. The van der Waals surface area contributed by atoms with Crippen LogP contribution in [0.4, 0.5) is 0 Å². The first-order valence-electron chi connectivity index (χ1n) is 4.90. The molecule has 0 heterocycles. The summed E-state index contributed by atoms with van der Waals surface area (Å²) in [5.41, 5.74) is 1.34. The molecule has 0 aliphatic heterocycles. The van der Waals surface area contributed by atoms with E-state index < -0.39 is 0 Å². The van der Waals surface area contributed by atoms with Crippen molar-refractivity contribution in [3.63, 3.8) is 0 Å². The Morgan fingerprint density at radius 1 is 1.36 bits per heavy atom. The third-order valence-electron chi connectivity index (χ3n) is 1.83. The minimum Gasteiger partial charge on any atom is -0.488 e. The Hall–Kier alpha value is -0.0331. The van der Waals surface area contributed by atoms with Crippen LogP contribution in [0.25, 0.3) is 0 Å². The minimum atomic E-state index is -0.106. The molecule has 1 aromatic rings. The third kappa shape index (κ3) is 3.61. The fourth-order valence-corrected chi connectivity index (χ4v) is 3.44. The minimum absolute atomic E-state index is 0.106. The average molecular weight is 320 g/mol. The molecule has 3 heteroatoms. The number of hydrogen-bond donors (Lipinski definition) is 0. The van der Waals surface area contributed by atoms with Crippen LogP contribution in [0.1, 0.15) is 26.3 Å². The van der Waals surface area contributed by atoms with Crippen LogP contribution in [0.15, 0.2) is 18.2 Å². The Morgan fingerprint density at radius 2 is 2.00 bits per heavy atom. The van der Waals surface area contributed by atoms with Crippen LogP contribution in [-0.2, 0) is 6.04 Å². The molecule has 0 amide bonds. The molecule has 0 saturated carbocycles. The van der Waals surface area contributed by atoms with E-state index in [-0.39, 0.29) is 5.60 Å². The maximum Gasteiger partial charge on any atom is 0.121 e. The molecular weight excluding hydrogens is 303 g/mol. The lowest BCUT2D eigenvalue weighted by Crippen LogP contribution is -2.23. The first-order valence-corrected chi connectivity index (χ1v) is 7.39. The van der Waals surface area contributed by atoms with Crippen LogP contribution < -0.4 is 4.74 Å². The van der Waals surface area contributed by atoms with E-state index in [1.807, 2.05) is 0 Å². The van der Waals surface area contributed by atoms with Gasteiger partial charge in [-0.05, 0) is 67.1 Å². The van der Waals surface area contributed by atoms with Gasteiger partial charge in [0.25, 0.3) is 0 Å². The predicted molar refractivity (Wildman–Crippen MR) is 73.2 cm³/mol. The molecule has 0 atom stereocenters. The van der Waals surface area contributed by atoms with E-state index in [1.54, 1.807) is 0 Å². The molecule has 0 bridgehead atoms. The molecule has 78 valence electrons. The van der Waals surface area contributed by atoms with Crippen LogP contribution in [-0.4, -0.2) is 15.8 Å². The normalized spacial score (nSPS) is 11.7. The van der Waals surface area contributed by atoms with E-state index >= 15 is 0 Å². The van der Waals surface area contributed by atoms with Crippen molar-refractivity contribution in [2.75, 3.05) is 0 Å². The second-order valence-corrected chi connectivity index (χ2v) is 6.19. The van der Waals surface area contributed by atoms with E-state index in [1.165, 1.54) is 25.4 Å². The van der Waals surface area contributed by atoms with E-state index in [0.29, 0.717) is 0 Å². The summed E-state index contributed by atoms with van der Waals surface area (Å²) in [6, 6.07) is 7.59. The molecule has 1 aromatic carbocycles. The topological polar surface area (TPSA) is 9.23 Å². The van der Waals surface area contributed by atoms with Crippen LogP contribution in [0.2, 0.25) is 0 Å². The number of rotatable bonds is 2. The van der Waals surface area contributed by atoms with Crippen molar-refractivity contribution in [2.45, 2.75) is 32.4 Å². The van der Waals surface area contributed by atoms with Crippen molar-refractivity contribution >= 4 is 32.8 Å². The highest BCUT2D eigenvalue weighted by atomic mass is 127. The molecule has 1 nitrogen and oxygen atoms in total. The van der Waals surface area contributed by atoms with Gasteiger partial charge < -0.3 is 4.74 Å². The van der Waals surface area contributed by atoms with Crippen molar-refractivity contribution in [3.05, 3.63) is 27.3 Å². The van der Waals surface area contributed by atoms with Gasteiger partial charge in [0, 0.05) is 13.8 Å². The van der Waals surface area contributed by atoms with Gasteiger partial charge in [-0.2, -0.15) is 0 Å². The van der Waals surface area contributed by atoms with Gasteiger partial charge in [-0.3, -0.25) is 0 Å². The third-order valence-corrected chi connectivity index (χ3v) is 3.60. The first kappa shape index (κ1) is 12.0. The standard InChI is InChI=1S/C11H17IOSi/c1-11(2,3)13-9-5-4-8(7-14)10(12)6-9/h4-6H,7H2,1-3,14H3. The summed E-state index contributed by atoms with van der Waals surface area (Å²) in [7, 11) is 1.22. The SMILES string of the molecule is CC(C)(C)Oc1ccc(C[SiH3])c(I)c1. The molecule has 0 unspecified atom stereocenters. The predicted octanol–water partition coefficient (Wildman–Crippen LogP) is 2.33. The lowest BCUT2D eigenvalue weighted by Gasteiger charge is -2.21. The lowest BCUT2D eigenvalue weighted by atomic mass is 10.2. The van der Waals surface area contributed by atoms with Crippen LogP contribution in [0, 0.1) is 3.57 Å². The molecule has 0 aromatic heterocycles. The van der Waals surface area contributed by atoms with Gasteiger partial charge in [-0.15, -0.1) is 0 Å². The number of hydrogen-bond acceptors (Lipinski definition) is 1. The Kier molecular flexibility index (Phi) is 4.01. The number of ether oxygens (including phenoxy) is 1. The summed E-state index contributed by atoms with van der Waals surface area (Å²) in [5, 5.41) is 0. The van der Waals surface area contributed by atoms with Gasteiger partial charge in [0.2, 0.25) is 0 Å². The van der Waals surface area contributed by atoms with Crippen LogP contribution in [0.3, 0.4) is 0 Å². The maximum atomic E-state index is 5.79. The first-order chi connectivity index (χ1) is 6.42. The van der Waals surface area contributed by atoms with E-state index in [9.17, 15) is 0 Å². The smallest absolute Gasteiger partial charge is 0.121 e. The summed E-state index contributed by atoms with van der Waals surface area (Å²) in [6.45, 7) is 6.21. The monoisotopic (exact) mass is 320 g/mol. The summed E-state index contributed by atoms with van der Waals surface area (Å²) >= 11 is 2.38. The maximum absolute atomic E-state index is 5.79. The fourth-order valence-electron chi connectivity index (χ4n) is 1.23. The Morgan fingerprint density at radius 3 is 2.43 bits per heavy atom. The van der Waals surface area contributed by atoms with Gasteiger partial charge in [0.15, 0.2) is 0 Å². The second-order valence-electron chi connectivity index (χ2n) is 4.32. The lowest BCUT2D eigenvalue weighted by molar-refractivity contribution is 0.131. The molecule has 0 aliphatic carbocycles. The Balaban J connectivity index is 2.87. The molecule has 1 rings (SSSR count). The highest BCUT2D eigenvalue weighted by Crippen LogP contribution is 2.23. The second kappa shape index (κ2) is 4.66. The molecule has 0 aliphatic rings. The highest BCUT2D eigenvalue weighted by Gasteiger charge is 2.12. The van der Waals surface area contributed by atoms with Gasteiger partial charge in [0.1, 0.15) is 11.4 Å². The largest absolute Gasteiger partial charge is 0.488 e. The number of halogens is 1. The van der Waals surface area contributed by atoms with Crippen molar-refractivity contribution in [1.82, 2.24) is 0 Å². The molecule has 0 radical (unpaired) electrons. The van der Waals surface area contributed by atoms with Crippen molar-refractivity contribution in [2.24, 2.45) is 0 Å². The van der Waals surface area contributed by atoms with E-state index in [2.05, 4.69) is 61.6 Å². The zero-order valence-electron chi connectivity index (χ0n) is 9.23. The van der Waals surface area contributed by atoms with Crippen molar-refractivity contribution in [1.29, 1.82) is 0 Å². The van der Waals surface area contributed by atoms with Crippen molar-refractivity contribution < 1.29 is 4.74 Å². The average Bonchev–Trinajstić information content (AvgIpc) is 2.01. The molecular formula is C11H17IOSi. The van der Waals surface area contributed by atoms with E-state index in [0.717, 1.165) is 5.75 Å². The van der Waals surface area contributed by atoms with Gasteiger partial charge in [0.05, 0.1) is 0 Å². The molecule has 0 spiro atoms. The van der Waals surface area contributed by atoms with Gasteiger partial charge in [-0.25, -0.2) is 0 Å². The number of benzene rings is 1. The highest BCUT2D eigenvalue weighted by molar-refractivity contribution is 14.1. The van der Waals surface area contributed by atoms with Crippen molar-refractivity contribution in [3.8, 4) is 5.75 Å². The zero-order valence-corrected chi connectivity index (χ0v) is 13.4. The van der Waals surface area contributed by atoms with Gasteiger partial charge in [-0.1, -0.05) is 6.07 Å². The summed E-state index contributed by atoms with van der Waals surface area (Å²) < 4.78 is 7.11. The summed E-state index contributed by atoms with van der Waals surface area (Å²) in [6.07, 6.45) is 0. The molecule has 14 heavy (non-hydrogen) atoms. The molecule has 0 saturated heterocycles. The van der Waals surface area contributed by atoms with Crippen LogP contribution in [0.5, 0.6) is 5.75 Å². The Bertz CT molecular complexity index is 318. The molecule has 0 N–H and O–H groups in total. The van der Waals surface area contributed by atoms with Gasteiger partial charge >= 0.3 is 0 Å². The quantitative estimate of drug-likeness (QED) is 0.600. The summed E-state index contributed by atoms with van der Waals surface area (Å²) in [4.78, 5) is 0. The van der Waals surface area contributed by atoms with Crippen LogP contribution >= 0.6 is 22.6 Å². The Labute approximate surface area is 103 Å². The van der Waals surface area contributed by atoms with E-state index in [4.69, 9.17) is 4.74 Å². The fraction of sp³-hybridized carbons (Fsp3) is 0.455.